The number of aromatic nitrogens is 1. The van der Waals surface area contributed by atoms with Crippen LogP contribution in [0.4, 0.5) is 0 Å². The Morgan fingerprint density at radius 3 is 3.08 bits per heavy atom. The highest BCUT2D eigenvalue weighted by Gasteiger charge is 2.16. The Bertz CT molecular complexity index is 369. The van der Waals surface area contributed by atoms with Gasteiger partial charge >= 0.3 is 0 Å². The van der Waals surface area contributed by atoms with Crippen molar-refractivity contribution in [1.29, 1.82) is 0 Å². The molecule has 0 saturated heterocycles. The molecule has 0 spiro atoms. The van der Waals surface area contributed by atoms with Crippen molar-refractivity contribution in [1.82, 2.24) is 4.98 Å². The molecule has 0 fully saturated rings. The van der Waals surface area contributed by atoms with Crippen molar-refractivity contribution in [3.63, 3.8) is 0 Å². The van der Waals surface area contributed by atoms with E-state index >= 15 is 0 Å². The zero-order chi connectivity index (χ0) is 8.55. The third kappa shape index (κ3) is 0.993. The molecule has 0 unspecified atom stereocenters. The number of pyridine rings is 1. The molecule has 3 nitrogen and oxygen atoms in total. The number of amides is 1. The molecule has 0 aliphatic heterocycles. The minimum Gasteiger partial charge on any atom is -0.366 e. The Hall–Kier alpha value is -1.64. The summed E-state index contributed by atoms with van der Waals surface area (Å²) in [5.74, 6) is -0.354. The van der Waals surface area contributed by atoms with Gasteiger partial charge in [-0.15, -0.1) is 0 Å². The van der Waals surface area contributed by atoms with Gasteiger partial charge in [0.2, 0.25) is 5.91 Å². The molecule has 1 amide bonds. The summed E-state index contributed by atoms with van der Waals surface area (Å²) in [4.78, 5) is 14.9. The van der Waals surface area contributed by atoms with Gasteiger partial charge in [0, 0.05) is 18.2 Å². The first-order valence-electron chi connectivity index (χ1n) is 3.71. The summed E-state index contributed by atoms with van der Waals surface area (Å²) in [6.45, 7) is 0. The van der Waals surface area contributed by atoms with Gasteiger partial charge in [0.05, 0.1) is 5.69 Å². The molecule has 1 aromatic rings. The largest absolute Gasteiger partial charge is 0.366 e. The fourth-order valence-electron chi connectivity index (χ4n) is 1.31. The summed E-state index contributed by atoms with van der Waals surface area (Å²) in [6, 6.07) is 3.81. The Morgan fingerprint density at radius 1 is 1.58 bits per heavy atom. The highest BCUT2D eigenvalue weighted by molar-refractivity contribution is 5.98. The molecule has 2 rings (SSSR count). The normalized spacial score (nSPS) is 13.8. The number of carbonyl (C=O) groups excluding carboxylic acids is 1. The highest BCUT2D eigenvalue weighted by atomic mass is 16.1. The van der Waals surface area contributed by atoms with E-state index in [2.05, 4.69) is 4.98 Å². The third-order valence-corrected chi connectivity index (χ3v) is 1.93. The van der Waals surface area contributed by atoms with Crippen molar-refractivity contribution in [3.8, 4) is 0 Å². The van der Waals surface area contributed by atoms with Crippen LogP contribution in [0.2, 0.25) is 0 Å². The van der Waals surface area contributed by atoms with Crippen LogP contribution < -0.4 is 5.73 Å². The summed E-state index contributed by atoms with van der Waals surface area (Å²) in [6.07, 6.45) is 4.08. The molecular weight excluding hydrogens is 152 g/mol. The number of nitrogens with zero attached hydrogens (tertiary/aromatic N) is 1. The molecule has 0 aromatic carbocycles. The van der Waals surface area contributed by atoms with E-state index in [0.29, 0.717) is 12.0 Å². The van der Waals surface area contributed by atoms with E-state index in [1.807, 2.05) is 12.1 Å². The van der Waals surface area contributed by atoms with Crippen LogP contribution in [0.25, 0.3) is 6.08 Å². The number of primary amides is 1. The van der Waals surface area contributed by atoms with Gasteiger partial charge in [-0.05, 0) is 17.7 Å². The van der Waals surface area contributed by atoms with E-state index in [1.54, 1.807) is 12.3 Å². The molecule has 1 aliphatic rings. The van der Waals surface area contributed by atoms with Crippen LogP contribution >= 0.6 is 0 Å². The lowest BCUT2D eigenvalue weighted by Gasteiger charge is -1.94. The van der Waals surface area contributed by atoms with Crippen molar-refractivity contribution >= 4 is 12.0 Å². The van der Waals surface area contributed by atoms with Gasteiger partial charge < -0.3 is 5.73 Å². The van der Waals surface area contributed by atoms with Crippen molar-refractivity contribution < 1.29 is 4.79 Å². The van der Waals surface area contributed by atoms with E-state index in [0.717, 1.165) is 11.3 Å². The summed E-state index contributed by atoms with van der Waals surface area (Å²) < 4.78 is 0. The minimum atomic E-state index is -0.354. The molecule has 1 heterocycles. The van der Waals surface area contributed by atoms with Gasteiger partial charge in [-0.2, -0.15) is 0 Å². The number of nitrogens with two attached hydrogens (primary N) is 1. The van der Waals surface area contributed by atoms with Crippen LogP contribution in [0.15, 0.2) is 23.9 Å². The quantitative estimate of drug-likeness (QED) is 0.650. The van der Waals surface area contributed by atoms with E-state index in [-0.39, 0.29) is 5.91 Å². The second-order valence-electron chi connectivity index (χ2n) is 2.76. The molecule has 0 radical (unpaired) electrons. The monoisotopic (exact) mass is 160 g/mol. The van der Waals surface area contributed by atoms with Crippen molar-refractivity contribution in [3.05, 3.63) is 35.2 Å². The van der Waals surface area contributed by atoms with E-state index < -0.39 is 0 Å². The number of carbonyl (C=O) groups is 1. The zero-order valence-electron chi connectivity index (χ0n) is 6.45. The van der Waals surface area contributed by atoms with Crippen molar-refractivity contribution in [2.24, 2.45) is 5.73 Å². The van der Waals surface area contributed by atoms with E-state index in [1.165, 1.54) is 0 Å². The Labute approximate surface area is 69.9 Å². The summed E-state index contributed by atoms with van der Waals surface area (Å²) in [5.41, 5.74) is 7.73. The lowest BCUT2D eigenvalue weighted by molar-refractivity contribution is -0.114. The molecule has 0 saturated carbocycles. The molecule has 1 aliphatic carbocycles. The van der Waals surface area contributed by atoms with Crippen LogP contribution in [0.1, 0.15) is 11.3 Å². The van der Waals surface area contributed by atoms with Crippen LogP contribution in [-0.4, -0.2) is 10.9 Å². The summed E-state index contributed by atoms with van der Waals surface area (Å²) in [5, 5.41) is 0. The first kappa shape index (κ1) is 7.03. The lowest BCUT2D eigenvalue weighted by Crippen LogP contribution is -2.13. The molecular formula is C9H8N2O. The lowest BCUT2D eigenvalue weighted by atomic mass is 10.1. The highest BCUT2D eigenvalue weighted by Crippen LogP contribution is 2.21. The minimum absolute atomic E-state index is 0.354. The standard InChI is InChI=1S/C9H8N2O/c10-9(12)7-4-6-2-1-3-11-8(6)5-7/h1-3,5H,4H2,(H2,10,12). The molecule has 1 aromatic heterocycles. The number of hydrogen-bond acceptors (Lipinski definition) is 2. The zero-order valence-corrected chi connectivity index (χ0v) is 6.45. The Morgan fingerprint density at radius 2 is 2.42 bits per heavy atom. The van der Waals surface area contributed by atoms with Gasteiger partial charge in [-0.25, -0.2) is 0 Å². The first-order valence-corrected chi connectivity index (χ1v) is 3.71. The average molecular weight is 160 g/mol. The Balaban J connectivity index is 2.41. The maximum Gasteiger partial charge on any atom is 0.245 e. The molecule has 12 heavy (non-hydrogen) atoms. The smallest absolute Gasteiger partial charge is 0.245 e. The topological polar surface area (TPSA) is 56.0 Å². The van der Waals surface area contributed by atoms with Gasteiger partial charge in [0.1, 0.15) is 0 Å². The molecule has 60 valence electrons. The van der Waals surface area contributed by atoms with Gasteiger partial charge in [0.25, 0.3) is 0 Å². The third-order valence-electron chi connectivity index (χ3n) is 1.93. The maximum atomic E-state index is 10.8. The average Bonchev–Trinajstić information content (AvgIpc) is 2.46. The second kappa shape index (κ2) is 2.44. The summed E-state index contributed by atoms with van der Waals surface area (Å²) in [7, 11) is 0. The fourth-order valence-corrected chi connectivity index (χ4v) is 1.31. The predicted octanol–water partition coefficient (Wildman–Crippen LogP) is 0.506. The van der Waals surface area contributed by atoms with Gasteiger partial charge in [-0.3, -0.25) is 9.78 Å². The summed E-state index contributed by atoms with van der Waals surface area (Å²) >= 11 is 0. The number of fused-ring (bicyclic) bond motifs is 1. The molecule has 0 bridgehead atoms. The van der Waals surface area contributed by atoms with Crippen LogP contribution in [0.3, 0.4) is 0 Å². The van der Waals surface area contributed by atoms with E-state index in [9.17, 15) is 4.79 Å². The number of hydrogen-bond donors (Lipinski definition) is 1. The van der Waals surface area contributed by atoms with E-state index in [4.69, 9.17) is 5.73 Å². The fraction of sp³-hybridized carbons (Fsp3) is 0.111. The van der Waals surface area contributed by atoms with Crippen LogP contribution in [0.5, 0.6) is 0 Å². The van der Waals surface area contributed by atoms with Crippen LogP contribution in [0, 0.1) is 0 Å². The van der Waals surface area contributed by atoms with Gasteiger partial charge in [-0.1, -0.05) is 6.07 Å². The first-order chi connectivity index (χ1) is 5.77. The molecule has 2 N–H and O–H groups in total. The van der Waals surface area contributed by atoms with Gasteiger partial charge in [0.15, 0.2) is 0 Å². The second-order valence-corrected chi connectivity index (χ2v) is 2.76. The number of rotatable bonds is 1. The SMILES string of the molecule is NC(=O)C1=Cc2ncccc2C1. The Kier molecular flexibility index (Phi) is 1.43. The van der Waals surface area contributed by atoms with Crippen molar-refractivity contribution in [2.75, 3.05) is 0 Å². The maximum absolute atomic E-state index is 10.8. The predicted molar refractivity (Wildman–Crippen MR) is 45.1 cm³/mol. The van der Waals surface area contributed by atoms with Crippen molar-refractivity contribution in [2.45, 2.75) is 6.42 Å². The molecule has 3 heteroatoms. The van der Waals surface area contributed by atoms with Crippen LogP contribution in [-0.2, 0) is 11.2 Å². The molecule has 0 atom stereocenters.